The van der Waals surface area contributed by atoms with Crippen molar-refractivity contribution in [3.8, 4) is 6.07 Å². The van der Waals surface area contributed by atoms with E-state index in [1.54, 1.807) is 12.1 Å². The van der Waals surface area contributed by atoms with Gasteiger partial charge in [0.1, 0.15) is 10.7 Å². The van der Waals surface area contributed by atoms with Crippen LogP contribution in [-0.2, 0) is 19.1 Å². The molecule has 1 aromatic heterocycles. The average molecular weight is 402 g/mol. The Balaban J connectivity index is 2.29. The van der Waals surface area contributed by atoms with Gasteiger partial charge in [-0.3, -0.25) is 14.5 Å². The zero-order chi connectivity index (χ0) is 19.7. The summed E-state index contributed by atoms with van der Waals surface area (Å²) in [6, 6.07) is 5.61. The second-order valence-corrected chi connectivity index (χ2v) is 7.44. The molecule has 0 fully saturated rings. The number of fused-ring (bicyclic) bond motifs is 1. The van der Waals surface area contributed by atoms with E-state index in [0.29, 0.717) is 0 Å². The van der Waals surface area contributed by atoms with Gasteiger partial charge >= 0.3 is 5.97 Å². The first kappa shape index (κ1) is 18.8. The third-order valence-corrected chi connectivity index (χ3v) is 6.05. The molecule has 3 heterocycles. The summed E-state index contributed by atoms with van der Waals surface area (Å²) in [6.45, 7) is 0. The van der Waals surface area contributed by atoms with E-state index >= 15 is 0 Å². The molecule has 1 aromatic rings. The number of hydrogen-bond acceptors (Lipinski definition) is 8. The predicted octanol–water partition coefficient (Wildman–Crippen LogP) is 1.13. The lowest BCUT2D eigenvalue weighted by atomic mass is 9.87. The molecule has 27 heavy (non-hydrogen) atoms. The SMILES string of the molecule is CNC(=O)C1=C2SC(C(=O)OC)=CC(=O)N2C(N)=C(C#N)[C@H]1c1cccs1. The fraction of sp³-hybridized carbons (Fsp3) is 0.176. The first-order chi connectivity index (χ1) is 12.9. The van der Waals surface area contributed by atoms with E-state index in [-0.39, 0.29) is 26.9 Å². The molecule has 2 aliphatic heterocycles. The largest absolute Gasteiger partial charge is 0.465 e. The predicted molar refractivity (Wildman–Crippen MR) is 99.5 cm³/mol. The zero-order valence-corrected chi connectivity index (χ0v) is 15.9. The molecule has 2 amide bonds. The minimum atomic E-state index is -0.738. The quantitative estimate of drug-likeness (QED) is 0.726. The van der Waals surface area contributed by atoms with E-state index in [4.69, 9.17) is 10.5 Å². The number of nitrogens with zero attached hydrogens (tertiary/aromatic N) is 2. The number of nitrogens with one attached hydrogen (secondary N) is 1. The molecular formula is C17H14N4O4S2. The molecule has 3 rings (SSSR count). The topological polar surface area (TPSA) is 126 Å². The number of carbonyl (C=O) groups is 3. The maximum absolute atomic E-state index is 12.7. The molecular weight excluding hydrogens is 388 g/mol. The Morgan fingerprint density at radius 3 is 2.74 bits per heavy atom. The molecule has 0 aromatic carbocycles. The third-order valence-electron chi connectivity index (χ3n) is 4.02. The molecule has 0 saturated carbocycles. The summed E-state index contributed by atoms with van der Waals surface area (Å²) < 4.78 is 4.69. The lowest BCUT2D eigenvalue weighted by Crippen LogP contribution is -2.42. The minimum Gasteiger partial charge on any atom is -0.465 e. The second-order valence-electron chi connectivity index (χ2n) is 5.43. The number of hydrogen-bond donors (Lipinski definition) is 2. The highest BCUT2D eigenvalue weighted by Gasteiger charge is 2.43. The number of thiophene rings is 1. The van der Waals surface area contributed by atoms with Crippen molar-refractivity contribution in [2.45, 2.75) is 5.92 Å². The molecule has 0 radical (unpaired) electrons. The Labute approximate surface area is 162 Å². The van der Waals surface area contributed by atoms with Gasteiger partial charge in [0.15, 0.2) is 0 Å². The minimum absolute atomic E-state index is 0.0355. The highest BCUT2D eigenvalue weighted by Crippen LogP contribution is 2.48. The van der Waals surface area contributed by atoms with Crippen LogP contribution in [0.3, 0.4) is 0 Å². The van der Waals surface area contributed by atoms with Crippen molar-refractivity contribution in [3.63, 3.8) is 0 Å². The van der Waals surface area contributed by atoms with Gasteiger partial charge in [-0.15, -0.1) is 11.3 Å². The standard InChI is InChI=1S/C17H14N4O4S2/c1-20-15(23)13-12(9-4-3-5-26-9)8(7-18)14(19)21-11(22)6-10(17(24)25-2)27-16(13)21/h3-6,12H,19H2,1-2H3,(H,20,23)/t12-/m0/s1. The number of rotatable bonds is 3. The van der Waals surface area contributed by atoms with E-state index in [9.17, 15) is 19.6 Å². The fourth-order valence-corrected chi connectivity index (χ4v) is 4.80. The number of esters is 1. The molecule has 138 valence electrons. The maximum Gasteiger partial charge on any atom is 0.344 e. The molecule has 1 atom stereocenters. The lowest BCUT2D eigenvalue weighted by molar-refractivity contribution is -0.135. The van der Waals surface area contributed by atoms with Crippen LogP contribution in [0, 0.1) is 11.3 Å². The molecule has 2 aliphatic rings. The van der Waals surface area contributed by atoms with Gasteiger partial charge in [0.05, 0.1) is 35.3 Å². The summed E-state index contributed by atoms with van der Waals surface area (Å²) >= 11 is 2.27. The van der Waals surface area contributed by atoms with Crippen molar-refractivity contribution >= 4 is 40.9 Å². The second kappa shape index (κ2) is 7.30. The molecule has 8 nitrogen and oxygen atoms in total. The molecule has 3 N–H and O–H groups in total. The number of allylic oxidation sites excluding steroid dienone is 1. The van der Waals surface area contributed by atoms with E-state index in [1.807, 2.05) is 11.4 Å². The van der Waals surface area contributed by atoms with Crippen LogP contribution in [0.5, 0.6) is 0 Å². The van der Waals surface area contributed by atoms with Gasteiger partial charge in [-0.05, 0) is 11.4 Å². The van der Waals surface area contributed by atoms with E-state index in [2.05, 4.69) is 5.32 Å². The van der Waals surface area contributed by atoms with Crippen LogP contribution in [0.2, 0.25) is 0 Å². The van der Waals surface area contributed by atoms with Gasteiger partial charge in [-0.1, -0.05) is 17.8 Å². The van der Waals surface area contributed by atoms with Crippen LogP contribution < -0.4 is 11.1 Å². The smallest absolute Gasteiger partial charge is 0.344 e. The van der Waals surface area contributed by atoms with Gasteiger partial charge in [0, 0.05) is 18.0 Å². The van der Waals surface area contributed by atoms with E-state index in [1.165, 1.54) is 25.5 Å². The average Bonchev–Trinajstić information content (AvgIpc) is 3.20. The summed E-state index contributed by atoms with van der Waals surface area (Å²) in [6.07, 6.45) is 1.08. The van der Waals surface area contributed by atoms with Gasteiger partial charge in [0.2, 0.25) is 0 Å². The van der Waals surface area contributed by atoms with Crippen molar-refractivity contribution in [2.75, 3.05) is 14.2 Å². The summed E-state index contributed by atoms with van der Waals surface area (Å²) in [5, 5.41) is 14.2. The molecule has 0 spiro atoms. The number of thioether (sulfide) groups is 1. The van der Waals surface area contributed by atoms with Crippen molar-refractivity contribution in [2.24, 2.45) is 5.73 Å². The van der Waals surface area contributed by atoms with Gasteiger partial charge in [-0.25, -0.2) is 4.79 Å². The Morgan fingerprint density at radius 2 is 2.19 bits per heavy atom. The molecule has 10 heteroatoms. The van der Waals surface area contributed by atoms with Crippen molar-refractivity contribution in [1.29, 1.82) is 5.26 Å². The third kappa shape index (κ3) is 3.01. The van der Waals surface area contributed by atoms with Gasteiger partial charge < -0.3 is 15.8 Å². The van der Waals surface area contributed by atoms with Crippen LogP contribution in [0.1, 0.15) is 10.8 Å². The van der Waals surface area contributed by atoms with E-state index < -0.39 is 23.7 Å². The number of ether oxygens (including phenoxy) is 1. The van der Waals surface area contributed by atoms with Crippen LogP contribution in [0.4, 0.5) is 0 Å². The fourth-order valence-electron chi connectivity index (χ4n) is 2.82. The van der Waals surface area contributed by atoms with Gasteiger partial charge in [-0.2, -0.15) is 5.26 Å². The Morgan fingerprint density at radius 1 is 1.44 bits per heavy atom. The van der Waals surface area contributed by atoms with Crippen LogP contribution >= 0.6 is 23.1 Å². The molecule has 0 bridgehead atoms. The van der Waals surface area contributed by atoms with Crippen molar-refractivity contribution < 1.29 is 19.1 Å². The normalized spacial score (nSPS) is 19.3. The summed E-state index contributed by atoms with van der Waals surface area (Å²) in [5.41, 5.74) is 6.41. The van der Waals surface area contributed by atoms with Gasteiger partial charge in [0.25, 0.3) is 11.8 Å². The van der Waals surface area contributed by atoms with Crippen LogP contribution in [0.25, 0.3) is 0 Å². The highest BCUT2D eigenvalue weighted by atomic mass is 32.2. The first-order valence-electron chi connectivity index (χ1n) is 7.65. The van der Waals surface area contributed by atoms with Crippen molar-refractivity contribution in [3.05, 3.63) is 55.4 Å². The monoisotopic (exact) mass is 402 g/mol. The summed E-state index contributed by atoms with van der Waals surface area (Å²) in [4.78, 5) is 39.1. The zero-order valence-electron chi connectivity index (χ0n) is 14.3. The van der Waals surface area contributed by atoms with E-state index in [0.717, 1.165) is 27.6 Å². The summed E-state index contributed by atoms with van der Waals surface area (Å²) in [7, 11) is 2.65. The van der Waals surface area contributed by atoms with Crippen LogP contribution in [0.15, 0.2) is 50.5 Å². The first-order valence-corrected chi connectivity index (χ1v) is 9.35. The maximum atomic E-state index is 12.7. The molecule has 0 saturated heterocycles. The summed E-state index contributed by atoms with van der Waals surface area (Å²) in [5.74, 6) is -2.59. The Hall–Kier alpha value is -3.03. The number of likely N-dealkylation sites (N-methyl/N-ethyl adjacent to an activating group) is 1. The van der Waals surface area contributed by atoms with Crippen molar-refractivity contribution in [1.82, 2.24) is 10.2 Å². The number of carbonyl (C=O) groups excluding carboxylic acids is 3. The number of nitriles is 1. The van der Waals surface area contributed by atoms with Crippen LogP contribution in [-0.4, -0.2) is 36.8 Å². The molecule has 0 unspecified atom stereocenters. The highest BCUT2D eigenvalue weighted by molar-refractivity contribution is 8.07. The lowest BCUT2D eigenvalue weighted by Gasteiger charge is -2.36. The number of nitrogens with two attached hydrogens (primary N) is 1. The Kier molecular flexibility index (Phi) is 5.07. The molecule has 0 aliphatic carbocycles. The Bertz CT molecular complexity index is 970. The number of methoxy groups -OCH3 is 1. The number of amides is 2.